The average molecular weight is 429 g/mol. The van der Waals surface area contributed by atoms with Crippen LogP contribution in [0.15, 0.2) is 42.7 Å². The molecule has 6 rings (SSSR count). The molecule has 2 aromatic heterocycles. The van der Waals surface area contributed by atoms with E-state index in [0.29, 0.717) is 12.2 Å². The van der Waals surface area contributed by atoms with Gasteiger partial charge in [0.15, 0.2) is 5.82 Å². The molecule has 7 nitrogen and oxygen atoms in total. The summed E-state index contributed by atoms with van der Waals surface area (Å²) in [6.45, 7) is 4.21. The molecule has 1 amide bonds. The third kappa shape index (κ3) is 3.32. The van der Waals surface area contributed by atoms with Gasteiger partial charge >= 0.3 is 0 Å². The first-order valence-electron chi connectivity index (χ1n) is 11.7. The number of carbonyl (C=O) groups is 1. The van der Waals surface area contributed by atoms with Crippen LogP contribution >= 0.6 is 0 Å². The molecule has 1 unspecified atom stereocenters. The standard InChI is InChI=1S/C25H28N6O/c32-24(20-16-30-14-12-26-11-8-21(30)28-20)31-13-4-9-25(17-31)10-7-19-15-27-23(29-22(19)25)18-5-2-1-3-6-18/h1-3,5-6,15-16,26H,4,7-14,17H2. The summed E-state index contributed by atoms with van der Waals surface area (Å²) in [6, 6.07) is 10.2. The maximum absolute atomic E-state index is 13.4. The smallest absolute Gasteiger partial charge is 0.274 e. The number of carbonyl (C=O) groups excluding carboxylic acids is 1. The maximum atomic E-state index is 13.4. The monoisotopic (exact) mass is 428 g/mol. The van der Waals surface area contributed by atoms with E-state index in [1.165, 1.54) is 5.56 Å². The highest BCUT2D eigenvalue weighted by molar-refractivity contribution is 5.92. The molecule has 4 heterocycles. The van der Waals surface area contributed by atoms with E-state index in [1.807, 2.05) is 35.5 Å². The Kier molecular flexibility index (Phi) is 4.79. The van der Waals surface area contributed by atoms with Crippen molar-refractivity contribution >= 4 is 5.91 Å². The number of likely N-dealkylation sites (tertiary alicyclic amines) is 1. The van der Waals surface area contributed by atoms with Crippen LogP contribution in [0.4, 0.5) is 0 Å². The van der Waals surface area contributed by atoms with Gasteiger partial charge in [0, 0.05) is 62.5 Å². The first-order chi connectivity index (χ1) is 15.7. The Bertz CT molecular complexity index is 1130. The minimum absolute atomic E-state index is 0.0587. The molecular formula is C25H28N6O. The van der Waals surface area contributed by atoms with Crippen LogP contribution < -0.4 is 5.32 Å². The van der Waals surface area contributed by atoms with Crippen LogP contribution in [0.25, 0.3) is 11.4 Å². The predicted molar refractivity (Wildman–Crippen MR) is 121 cm³/mol. The lowest BCUT2D eigenvalue weighted by Gasteiger charge is -2.40. The largest absolute Gasteiger partial charge is 0.336 e. The second kappa shape index (κ2) is 7.81. The second-order valence-electron chi connectivity index (χ2n) is 9.28. The summed E-state index contributed by atoms with van der Waals surface area (Å²) in [5.41, 5.74) is 3.94. The highest BCUT2D eigenvalue weighted by Gasteiger charge is 2.45. The van der Waals surface area contributed by atoms with Crippen molar-refractivity contribution in [2.24, 2.45) is 0 Å². The summed E-state index contributed by atoms with van der Waals surface area (Å²) in [5, 5.41) is 3.38. The fourth-order valence-electron chi connectivity index (χ4n) is 5.61. The van der Waals surface area contributed by atoms with Crippen LogP contribution in [0.2, 0.25) is 0 Å². The third-order valence-electron chi connectivity index (χ3n) is 7.27. The van der Waals surface area contributed by atoms with Gasteiger partial charge in [0.1, 0.15) is 11.5 Å². The number of hydrogen-bond acceptors (Lipinski definition) is 5. The number of nitrogens with zero attached hydrogens (tertiary/aromatic N) is 5. The molecule has 0 radical (unpaired) electrons. The van der Waals surface area contributed by atoms with E-state index < -0.39 is 0 Å². The molecule has 1 aromatic carbocycles. The third-order valence-corrected chi connectivity index (χ3v) is 7.27. The number of amides is 1. The van der Waals surface area contributed by atoms with Crippen molar-refractivity contribution in [2.75, 3.05) is 26.2 Å². The minimum atomic E-state index is -0.0729. The van der Waals surface area contributed by atoms with Crippen LogP contribution in [0, 0.1) is 0 Å². The van der Waals surface area contributed by atoms with Gasteiger partial charge in [0.2, 0.25) is 0 Å². The zero-order chi connectivity index (χ0) is 21.5. The molecule has 1 atom stereocenters. The fraction of sp³-hybridized carbons (Fsp3) is 0.440. The van der Waals surface area contributed by atoms with E-state index >= 15 is 0 Å². The highest BCUT2D eigenvalue weighted by atomic mass is 16.2. The Morgan fingerprint density at radius 1 is 1.03 bits per heavy atom. The lowest BCUT2D eigenvalue weighted by molar-refractivity contribution is 0.0628. The van der Waals surface area contributed by atoms with Crippen molar-refractivity contribution in [3.05, 3.63) is 65.5 Å². The number of aromatic nitrogens is 4. The lowest BCUT2D eigenvalue weighted by Crippen LogP contribution is -2.48. The van der Waals surface area contributed by atoms with Gasteiger partial charge in [0.05, 0.1) is 5.69 Å². The Balaban J connectivity index is 1.29. The van der Waals surface area contributed by atoms with Crippen LogP contribution in [0.1, 0.15) is 46.8 Å². The normalized spacial score (nSPS) is 22.4. The zero-order valence-corrected chi connectivity index (χ0v) is 18.3. The fourth-order valence-corrected chi connectivity index (χ4v) is 5.61. The molecule has 1 aliphatic carbocycles. The number of aryl methyl sites for hydroxylation is 1. The number of fused-ring (bicyclic) bond motifs is 3. The van der Waals surface area contributed by atoms with Crippen molar-refractivity contribution < 1.29 is 4.79 Å². The van der Waals surface area contributed by atoms with E-state index in [2.05, 4.69) is 27.0 Å². The number of nitrogens with one attached hydrogen (secondary N) is 1. The molecule has 1 fully saturated rings. The summed E-state index contributed by atoms with van der Waals surface area (Å²) >= 11 is 0. The Morgan fingerprint density at radius 2 is 1.94 bits per heavy atom. The van der Waals surface area contributed by atoms with Crippen LogP contribution in [-0.4, -0.2) is 56.5 Å². The molecule has 1 saturated heterocycles. The summed E-state index contributed by atoms with van der Waals surface area (Å²) in [4.78, 5) is 29.9. The maximum Gasteiger partial charge on any atom is 0.274 e. The quantitative estimate of drug-likeness (QED) is 0.679. The molecule has 3 aliphatic rings. The van der Waals surface area contributed by atoms with Gasteiger partial charge in [-0.25, -0.2) is 15.0 Å². The minimum Gasteiger partial charge on any atom is -0.336 e. The Labute approximate surface area is 187 Å². The van der Waals surface area contributed by atoms with Crippen molar-refractivity contribution in [3.8, 4) is 11.4 Å². The molecular weight excluding hydrogens is 400 g/mol. The summed E-state index contributed by atoms with van der Waals surface area (Å²) in [6.07, 6.45) is 8.89. The SMILES string of the molecule is O=C(c1cn2c(n1)CCNCC2)N1CCCC2(CCc3cnc(-c4ccccc4)nc32)C1. The molecule has 1 spiro atoms. The van der Waals surface area contributed by atoms with E-state index in [9.17, 15) is 4.79 Å². The van der Waals surface area contributed by atoms with E-state index in [-0.39, 0.29) is 11.3 Å². The Hall–Kier alpha value is -3.06. The topological polar surface area (TPSA) is 75.9 Å². The van der Waals surface area contributed by atoms with Gasteiger partial charge in [-0.2, -0.15) is 0 Å². The molecule has 2 aliphatic heterocycles. The first kappa shape index (κ1) is 19.6. The van der Waals surface area contributed by atoms with Crippen LogP contribution in [0.3, 0.4) is 0 Å². The first-order valence-corrected chi connectivity index (χ1v) is 11.7. The van der Waals surface area contributed by atoms with Gasteiger partial charge in [-0.1, -0.05) is 30.3 Å². The van der Waals surface area contributed by atoms with Gasteiger partial charge in [0.25, 0.3) is 5.91 Å². The molecule has 3 aromatic rings. The van der Waals surface area contributed by atoms with Gasteiger partial charge in [-0.05, 0) is 31.2 Å². The molecule has 0 bridgehead atoms. The predicted octanol–water partition coefficient (Wildman–Crippen LogP) is 2.61. The lowest BCUT2D eigenvalue weighted by atomic mass is 9.77. The van der Waals surface area contributed by atoms with Gasteiger partial charge < -0.3 is 14.8 Å². The summed E-state index contributed by atoms with van der Waals surface area (Å²) in [5.74, 6) is 1.85. The number of benzene rings is 1. The summed E-state index contributed by atoms with van der Waals surface area (Å²) < 4.78 is 2.14. The van der Waals surface area contributed by atoms with Crippen molar-refractivity contribution in [1.29, 1.82) is 0 Å². The summed E-state index contributed by atoms with van der Waals surface area (Å²) in [7, 11) is 0. The number of imidazole rings is 1. The van der Waals surface area contributed by atoms with E-state index in [4.69, 9.17) is 9.97 Å². The second-order valence-corrected chi connectivity index (χ2v) is 9.28. The van der Waals surface area contributed by atoms with Crippen LogP contribution in [-0.2, 0) is 24.8 Å². The Morgan fingerprint density at radius 3 is 2.84 bits per heavy atom. The number of hydrogen-bond donors (Lipinski definition) is 1. The van der Waals surface area contributed by atoms with Crippen molar-refractivity contribution in [1.82, 2.24) is 29.7 Å². The van der Waals surface area contributed by atoms with Crippen LogP contribution in [0.5, 0.6) is 0 Å². The molecule has 0 saturated carbocycles. The number of piperidine rings is 1. The average Bonchev–Trinajstić information content (AvgIpc) is 3.32. The van der Waals surface area contributed by atoms with Gasteiger partial charge in [-0.15, -0.1) is 0 Å². The van der Waals surface area contributed by atoms with E-state index in [0.717, 1.165) is 81.2 Å². The van der Waals surface area contributed by atoms with Crippen molar-refractivity contribution in [2.45, 2.75) is 44.1 Å². The van der Waals surface area contributed by atoms with Crippen molar-refractivity contribution in [3.63, 3.8) is 0 Å². The number of rotatable bonds is 2. The zero-order valence-electron chi connectivity index (χ0n) is 18.3. The highest BCUT2D eigenvalue weighted by Crippen LogP contribution is 2.44. The molecule has 32 heavy (non-hydrogen) atoms. The molecule has 7 heteroatoms. The van der Waals surface area contributed by atoms with E-state index in [1.54, 1.807) is 0 Å². The molecule has 164 valence electrons. The van der Waals surface area contributed by atoms with Gasteiger partial charge in [-0.3, -0.25) is 4.79 Å². The molecule has 1 N–H and O–H groups in total.